The number of halogens is 1. The van der Waals surface area contributed by atoms with Crippen LogP contribution in [0.3, 0.4) is 0 Å². The molecule has 2 aliphatic heterocycles. The summed E-state index contributed by atoms with van der Waals surface area (Å²) < 4.78 is 11.7. The highest BCUT2D eigenvalue weighted by Gasteiger charge is 2.36. The van der Waals surface area contributed by atoms with Gasteiger partial charge < -0.3 is 25.4 Å². The van der Waals surface area contributed by atoms with Gasteiger partial charge in [-0.15, -0.1) is 0 Å². The molecule has 1 aromatic carbocycles. The van der Waals surface area contributed by atoms with Crippen molar-refractivity contribution in [3.05, 3.63) is 40.3 Å². The maximum absolute atomic E-state index is 12.9. The van der Waals surface area contributed by atoms with Crippen molar-refractivity contribution in [1.82, 2.24) is 14.9 Å². The number of ether oxygens (including phenoxy) is 2. The summed E-state index contributed by atoms with van der Waals surface area (Å²) >= 11 is 6.28. The largest absolute Gasteiger partial charge is 0.486 e. The second-order valence-electron chi connectivity index (χ2n) is 9.47. The maximum Gasteiger partial charge on any atom is 0.341 e. The highest BCUT2D eigenvalue weighted by atomic mass is 35.5. The van der Waals surface area contributed by atoms with Gasteiger partial charge >= 0.3 is 5.97 Å². The molecule has 33 heavy (non-hydrogen) atoms. The fourth-order valence-electron chi connectivity index (χ4n) is 4.44. The number of nitrogens with two attached hydrogens (primary N) is 1. The molecule has 0 unspecified atom stereocenters. The molecule has 0 spiro atoms. The first-order chi connectivity index (χ1) is 15.7. The van der Waals surface area contributed by atoms with Crippen LogP contribution in [-0.2, 0) is 11.2 Å². The molecule has 3 heterocycles. The molecule has 9 heteroatoms. The van der Waals surface area contributed by atoms with Crippen LogP contribution in [0.25, 0.3) is 0 Å². The van der Waals surface area contributed by atoms with Gasteiger partial charge in [-0.05, 0) is 58.7 Å². The number of esters is 1. The Bertz CT molecular complexity index is 1020. The Morgan fingerprint density at radius 3 is 2.79 bits per heavy atom. The summed E-state index contributed by atoms with van der Waals surface area (Å²) in [6.45, 7) is 9.98. The SMILES string of the molecule is Cc1nccnc1NCCN1CCC(COC(=O)c2cc(Cl)c(N)c3c2OC(C)(C)C3)CC1. The number of hydrogen-bond donors (Lipinski definition) is 2. The van der Waals surface area contributed by atoms with Gasteiger partial charge in [0, 0.05) is 37.5 Å². The molecule has 3 N–H and O–H groups in total. The van der Waals surface area contributed by atoms with Crippen molar-refractivity contribution in [2.45, 2.75) is 45.6 Å². The molecular weight excluding hydrogens is 442 g/mol. The number of piperidine rings is 1. The van der Waals surface area contributed by atoms with Gasteiger partial charge in [-0.3, -0.25) is 4.98 Å². The Balaban J connectivity index is 1.24. The summed E-state index contributed by atoms with van der Waals surface area (Å²) in [7, 11) is 0. The van der Waals surface area contributed by atoms with Gasteiger partial charge in [0.2, 0.25) is 0 Å². The molecule has 0 amide bonds. The number of carbonyl (C=O) groups is 1. The summed E-state index contributed by atoms with van der Waals surface area (Å²) in [5.74, 6) is 1.28. The molecule has 8 nitrogen and oxygen atoms in total. The summed E-state index contributed by atoms with van der Waals surface area (Å²) in [6, 6.07) is 1.56. The summed E-state index contributed by atoms with van der Waals surface area (Å²) in [5.41, 5.74) is 8.22. The van der Waals surface area contributed by atoms with E-state index in [1.54, 1.807) is 18.5 Å². The summed E-state index contributed by atoms with van der Waals surface area (Å²) in [6.07, 6.45) is 5.98. The lowest BCUT2D eigenvalue weighted by Gasteiger charge is -2.31. The van der Waals surface area contributed by atoms with Crippen molar-refractivity contribution in [2.75, 3.05) is 43.8 Å². The highest BCUT2D eigenvalue weighted by molar-refractivity contribution is 6.33. The highest BCUT2D eigenvalue weighted by Crippen LogP contribution is 2.44. The van der Waals surface area contributed by atoms with Crippen LogP contribution in [0.15, 0.2) is 18.5 Å². The zero-order valence-corrected chi connectivity index (χ0v) is 20.2. The second kappa shape index (κ2) is 9.73. The minimum atomic E-state index is -0.427. The fraction of sp³-hybridized carbons (Fsp3) is 0.542. The van der Waals surface area contributed by atoms with E-state index in [9.17, 15) is 4.79 Å². The van der Waals surface area contributed by atoms with Crippen LogP contribution in [0.4, 0.5) is 11.5 Å². The predicted octanol–water partition coefficient (Wildman–Crippen LogP) is 3.72. The van der Waals surface area contributed by atoms with Gasteiger partial charge in [-0.2, -0.15) is 0 Å². The first kappa shape index (κ1) is 23.6. The maximum atomic E-state index is 12.9. The third-order valence-corrected chi connectivity index (χ3v) is 6.64. The van der Waals surface area contributed by atoms with Gasteiger partial charge in [-0.25, -0.2) is 9.78 Å². The van der Waals surface area contributed by atoms with Gasteiger partial charge in [0.15, 0.2) is 0 Å². The smallest absolute Gasteiger partial charge is 0.341 e. The van der Waals surface area contributed by atoms with Crippen LogP contribution in [-0.4, -0.2) is 59.2 Å². The number of nitrogens with zero attached hydrogens (tertiary/aromatic N) is 3. The number of aromatic nitrogens is 2. The molecule has 0 atom stereocenters. The second-order valence-corrected chi connectivity index (χ2v) is 9.87. The lowest BCUT2D eigenvalue weighted by atomic mass is 9.97. The standard InChI is InChI=1S/C24H32ClN5O3/c1-15-22(28-7-6-27-15)29-8-11-30-9-4-16(5-10-30)14-32-23(31)17-12-19(25)20(26)18-13-24(2,3)33-21(17)18/h6-7,12,16H,4-5,8-11,13-14,26H2,1-3H3,(H,28,29). The Hall–Kier alpha value is -2.58. The Labute approximate surface area is 199 Å². The molecule has 1 aromatic heterocycles. The minimum Gasteiger partial charge on any atom is -0.486 e. The fourth-order valence-corrected chi connectivity index (χ4v) is 4.67. The van der Waals surface area contributed by atoms with Crippen molar-refractivity contribution in [3.63, 3.8) is 0 Å². The zero-order valence-electron chi connectivity index (χ0n) is 19.5. The third kappa shape index (κ3) is 5.50. The summed E-state index contributed by atoms with van der Waals surface area (Å²) in [5, 5.41) is 3.71. The third-order valence-electron chi connectivity index (χ3n) is 6.33. The zero-order chi connectivity index (χ0) is 23.6. The quantitative estimate of drug-likeness (QED) is 0.463. The molecule has 0 saturated carbocycles. The Kier molecular flexibility index (Phi) is 6.95. The van der Waals surface area contributed by atoms with Crippen molar-refractivity contribution in [2.24, 2.45) is 5.92 Å². The number of rotatable bonds is 7. The number of anilines is 2. The predicted molar refractivity (Wildman–Crippen MR) is 129 cm³/mol. The number of carbonyl (C=O) groups excluding carboxylic acids is 1. The van der Waals surface area contributed by atoms with Crippen molar-refractivity contribution >= 4 is 29.1 Å². The van der Waals surface area contributed by atoms with Crippen LogP contribution in [0.5, 0.6) is 5.75 Å². The van der Waals surface area contributed by atoms with E-state index in [-0.39, 0.29) is 0 Å². The number of nitrogens with one attached hydrogen (secondary N) is 1. The van der Waals surface area contributed by atoms with Crippen molar-refractivity contribution < 1.29 is 14.3 Å². The van der Waals surface area contributed by atoms with E-state index in [4.69, 9.17) is 26.8 Å². The average molecular weight is 474 g/mol. The van der Waals surface area contributed by atoms with Gasteiger partial charge in [0.05, 0.1) is 23.0 Å². The molecule has 0 bridgehead atoms. The normalized spacial score (nSPS) is 17.9. The lowest BCUT2D eigenvalue weighted by Crippen LogP contribution is -2.38. The molecule has 4 rings (SSSR count). The van der Waals surface area contributed by atoms with Crippen molar-refractivity contribution in [3.8, 4) is 5.75 Å². The number of hydrogen-bond acceptors (Lipinski definition) is 8. The molecule has 2 aliphatic rings. The number of aryl methyl sites for hydroxylation is 1. The van der Waals surface area contributed by atoms with Gasteiger partial charge in [-0.1, -0.05) is 11.6 Å². The molecule has 0 aliphatic carbocycles. The first-order valence-corrected chi connectivity index (χ1v) is 11.8. The number of nitrogen functional groups attached to an aromatic ring is 1. The summed E-state index contributed by atoms with van der Waals surface area (Å²) in [4.78, 5) is 23.8. The van der Waals surface area contributed by atoms with E-state index >= 15 is 0 Å². The monoisotopic (exact) mass is 473 g/mol. The topological polar surface area (TPSA) is 103 Å². The van der Waals surface area contributed by atoms with E-state index in [2.05, 4.69) is 20.2 Å². The molecule has 2 aromatic rings. The molecule has 1 saturated heterocycles. The van der Waals surface area contributed by atoms with E-state index < -0.39 is 11.6 Å². The van der Waals surface area contributed by atoms with Crippen LogP contribution >= 0.6 is 11.6 Å². The molecule has 178 valence electrons. The van der Waals surface area contributed by atoms with Gasteiger partial charge in [0.1, 0.15) is 22.7 Å². The Morgan fingerprint density at radius 1 is 1.33 bits per heavy atom. The molecule has 0 radical (unpaired) electrons. The van der Waals surface area contributed by atoms with E-state index in [1.165, 1.54) is 0 Å². The number of likely N-dealkylation sites (tertiary alicyclic amines) is 1. The molecule has 1 fully saturated rings. The van der Waals surface area contributed by atoms with Crippen LogP contribution < -0.4 is 15.8 Å². The molecular formula is C24H32ClN5O3. The van der Waals surface area contributed by atoms with E-state index in [0.29, 0.717) is 41.0 Å². The van der Waals surface area contributed by atoms with E-state index in [0.717, 1.165) is 56.1 Å². The minimum absolute atomic E-state index is 0.343. The Morgan fingerprint density at radius 2 is 2.06 bits per heavy atom. The van der Waals surface area contributed by atoms with Gasteiger partial charge in [0.25, 0.3) is 0 Å². The van der Waals surface area contributed by atoms with Crippen molar-refractivity contribution in [1.29, 1.82) is 0 Å². The lowest BCUT2D eigenvalue weighted by molar-refractivity contribution is 0.0366. The first-order valence-electron chi connectivity index (χ1n) is 11.4. The van der Waals surface area contributed by atoms with E-state index in [1.807, 2.05) is 20.8 Å². The average Bonchev–Trinajstić information content (AvgIpc) is 3.12. The van der Waals surface area contributed by atoms with Crippen LogP contribution in [0.1, 0.15) is 48.3 Å². The van der Waals surface area contributed by atoms with Crippen LogP contribution in [0, 0.1) is 12.8 Å². The number of benzene rings is 1. The van der Waals surface area contributed by atoms with Crippen LogP contribution in [0.2, 0.25) is 5.02 Å². The number of fused-ring (bicyclic) bond motifs is 1.